The van der Waals surface area contributed by atoms with E-state index in [9.17, 15) is 0 Å². The van der Waals surface area contributed by atoms with Gasteiger partial charge in [-0.05, 0) is 42.2 Å². The van der Waals surface area contributed by atoms with E-state index < -0.39 is 0 Å². The van der Waals surface area contributed by atoms with Gasteiger partial charge in [0.1, 0.15) is 30.0 Å². The molecule has 5 rings (SSSR count). The van der Waals surface area contributed by atoms with E-state index in [1.165, 1.54) is 5.57 Å². The maximum Gasteiger partial charge on any atom is 0.226 e. The molecule has 3 heterocycles. The number of methoxy groups -OCH3 is 1. The van der Waals surface area contributed by atoms with Crippen molar-refractivity contribution in [3.8, 4) is 11.5 Å². The number of hydrogen-bond acceptors (Lipinski definition) is 5. The van der Waals surface area contributed by atoms with Crippen molar-refractivity contribution < 1.29 is 9.47 Å². The fourth-order valence-corrected chi connectivity index (χ4v) is 4.24. The van der Waals surface area contributed by atoms with Gasteiger partial charge in [-0.3, -0.25) is 0 Å². The monoisotopic (exact) mass is 388 g/mol. The first-order valence-electron chi connectivity index (χ1n) is 9.96. The van der Waals surface area contributed by atoms with Crippen LogP contribution in [0.15, 0.2) is 60.4 Å². The van der Waals surface area contributed by atoms with Crippen LogP contribution in [0.5, 0.6) is 11.5 Å². The summed E-state index contributed by atoms with van der Waals surface area (Å²) in [5.74, 6) is 2.97. The number of para-hydroxylation sites is 1. The number of ether oxygens (including phenoxy) is 2. The molecule has 0 radical (unpaired) electrons. The Morgan fingerprint density at radius 1 is 1.14 bits per heavy atom. The summed E-state index contributed by atoms with van der Waals surface area (Å²) in [6, 6.07) is 16.3. The number of aromatic nitrogens is 3. The lowest BCUT2D eigenvalue weighted by Gasteiger charge is -2.39. The Balaban J connectivity index is 1.72. The molecule has 3 aromatic rings. The lowest BCUT2D eigenvalue weighted by atomic mass is 9.84. The lowest BCUT2D eigenvalue weighted by Crippen LogP contribution is -2.37. The second-order valence-corrected chi connectivity index (χ2v) is 7.89. The van der Waals surface area contributed by atoms with Gasteiger partial charge in [0, 0.05) is 11.1 Å². The normalized spacial score (nSPS) is 19.7. The third kappa shape index (κ3) is 2.95. The van der Waals surface area contributed by atoms with E-state index in [1.54, 1.807) is 13.4 Å². The van der Waals surface area contributed by atoms with Crippen LogP contribution in [0.1, 0.15) is 37.4 Å². The molecule has 0 saturated heterocycles. The molecule has 0 fully saturated rings. The molecule has 0 amide bonds. The topological polar surface area (TPSA) is 61.2 Å². The average Bonchev–Trinajstić information content (AvgIpc) is 3.20. The first-order chi connectivity index (χ1) is 14.2. The predicted octanol–water partition coefficient (Wildman–Crippen LogP) is 4.52. The van der Waals surface area contributed by atoms with Crippen molar-refractivity contribution in [1.29, 1.82) is 0 Å². The van der Waals surface area contributed by atoms with Crippen LogP contribution in [-0.4, -0.2) is 28.0 Å². The number of fused-ring (bicyclic) bond motifs is 3. The third-order valence-corrected chi connectivity index (χ3v) is 5.53. The van der Waals surface area contributed by atoms with Gasteiger partial charge in [-0.1, -0.05) is 38.1 Å². The van der Waals surface area contributed by atoms with E-state index in [0.29, 0.717) is 5.92 Å². The highest BCUT2D eigenvalue weighted by Gasteiger charge is 2.40. The first kappa shape index (κ1) is 17.8. The Hall–Kier alpha value is -3.28. The van der Waals surface area contributed by atoms with Crippen LogP contribution in [0, 0.1) is 5.92 Å². The molecule has 0 spiro atoms. The fourth-order valence-electron chi connectivity index (χ4n) is 4.24. The summed E-state index contributed by atoms with van der Waals surface area (Å²) in [5, 5.41) is 8.06. The highest BCUT2D eigenvalue weighted by molar-refractivity contribution is 5.84. The molecule has 0 saturated carbocycles. The highest BCUT2D eigenvalue weighted by Crippen LogP contribution is 2.47. The number of anilines is 1. The summed E-state index contributed by atoms with van der Waals surface area (Å²) in [5.41, 5.74) is 4.47. The molecule has 2 atom stereocenters. The van der Waals surface area contributed by atoms with Gasteiger partial charge in [-0.2, -0.15) is 10.1 Å². The van der Waals surface area contributed by atoms with Gasteiger partial charge in [-0.15, -0.1) is 0 Å². The Morgan fingerprint density at radius 3 is 2.69 bits per heavy atom. The number of nitrogens with zero attached hydrogens (tertiary/aromatic N) is 3. The van der Waals surface area contributed by atoms with Crippen molar-refractivity contribution in [3.05, 3.63) is 71.6 Å². The average molecular weight is 388 g/mol. The second kappa shape index (κ2) is 6.95. The highest BCUT2D eigenvalue weighted by atomic mass is 16.5. The van der Waals surface area contributed by atoms with Crippen LogP contribution >= 0.6 is 0 Å². The molecule has 29 heavy (non-hydrogen) atoms. The summed E-state index contributed by atoms with van der Waals surface area (Å²) in [4.78, 5) is 4.46. The summed E-state index contributed by atoms with van der Waals surface area (Å²) >= 11 is 0. The first-order valence-corrected chi connectivity index (χ1v) is 9.96. The quantitative estimate of drug-likeness (QED) is 0.712. The van der Waals surface area contributed by atoms with Crippen LogP contribution < -0.4 is 14.8 Å². The fraction of sp³-hybridized carbons (Fsp3) is 0.304. The molecular formula is C23H24N4O2. The predicted molar refractivity (Wildman–Crippen MR) is 112 cm³/mol. The minimum absolute atomic E-state index is 0.0446. The van der Waals surface area contributed by atoms with Crippen LogP contribution in [0.4, 0.5) is 5.95 Å². The minimum Gasteiger partial charge on any atom is -0.497 e. The van der Waals surface area contributed by atoms with Gasteiger partial charge in [-0.25, -0.2) is 4.68 Å². The van der Waals surface area contributed by atoms with Crippen molar-refractivity contribution in [2.75, 3.05) is 12.4 Å². The van der Waals surface area contributed by atoms with E-state index in [1.807, 2.05) is 35.0 Å². The van der Waals surface area contributed by atoms with Crippen molar-refractivity contribution in [2.45, 2.75) is 32.4 Å². The second-order valence-electron chi connectivity index (χ2n) is 7.89. The van der Waals surface area contributed by atoms with Crippen molar-refractivity contribution in [3.63, 3.8) is 0 Å². The third-order valence-electron chi connectivity index (χ3n) is 5.53. The largest absolute Gasteiger partial charge is 0.497 e. The maximum atomic E-state index is 6.52. The Labute approximate surface area is 170 Å². The lowest BCUT2D eigenvalue weighted by molar-refractivity contribution is 0.191. The van der Waals surface area contributed by atoms with E-state index in [4.69, 9.17) is 9.47 Å². The van der Waals surface area contributed by atoms with Gasteiger partial charge in [0.25, 0.3) is 0 Å². The molecular weight excluding hydrogens is 364 g/mol. The molecule has 2 aromatic carbocycles. The van der Waals surface area contributed by atoms with Crippen LogP contribution in [0.25, 0.3) is 5.70 Å². The molecule has 1 N–H and O–H groups in total. The molecule has 6 nitrogen and oxygen atoms in total. The molecule has 6 heteroatoms. The van der Waals surface area contributed by atoms with Gasteiger partial charge in [0.15, 0.2) is 0 Å². The van der Waals surface area contributed by atoms with E-state index in [0.717, 1.165) is 40.7 Å². The molecule has 0 unspecified atom stereocenters. The van der Waals surface area contributed by atoms with E-state index >= 15 is 0 Å². The van der Waals surface area contributed by atoms with Gasteiger partial charge < -0.3 is 14.8 Å². The molecule has 2 aliphatic heterocycles. The van der Waals surface area contributed by atoms with Crippen molar-refractivity contribution in [2.24, 2.45) is 5.92 Å². The molecule has 148 valence electrons. The SMILES string of the molecule is COc1ccc([C@H]2C3=C(Nc4ncnn42)c2ccccc2O[C@H]3CC(C)C)cc1. The van der Waals surface area contributed by atoms with Crippen LogP contribution in [-0.2, 0) is 0 Å². The Kier molecular flexibility index (Phi) is 4.27. The zero-order valence-corrected chi connectivity index (χ0v) is 16.8. The molecule has 2 aliphatic rings. The molecule has 1 aromatic heterocycles. The molecule has 0 bridgehead atoms. The van der Waals surface area contributed by atoms with E-state index in [2.05, 4.69) is 47.4 Å². The Morgan fingerprint density at radius 2 is 1.93 bits per heavy atom. The molecule has 0 aliphatic carbocycles. The number of rotatable bonds is 4. The van der Waals surface area contributed by atoms with Gasteiger partial charge in [0.2, 0.25) is 5.95 Å². The van der Waals surface area contributed by atoms with Crippen molar-refractivity contribution in [1.82, 2.24) is 14.8 Å². The number of hydrogen-bond donors (Lipinski definition) is 1. The smallest absolute Gasteiger partial charge is 0.226 e. The van der Waals surface area contributed by atoms with Crippen LogP contribution in [0.3, 0.4) is 0 Å². The standard InChI is InChI=1S/C23H24N4O2/c1-14(2)12-19-20-21(17-6-4-5-7-18(17)29-19)26-23-24-13-25-27(23)22(20)15-8-10-16(28-3)11-9-15/h4-11,13-14,19,22H,12H2,1-3H3,(H,24,25,26)/t19-,22-/m0/s1. The number of nitrogens with one attached hydrogen (secondary N) is 1. The zero-order chi connectivity index (χ0) is 20.0. The zero-order valence-electron chi connectivity index (χ0n) is 16.8. The van der Waals surface area contributed by atoms with E-state index in [-0.39, 0.29) is 12.1 Å². The Bertz CT molecular complexity index is 1070. The van der Waals surface area contributed by atoms with Crippen LogP contribution in [0.2, 0.25) is 0 Å². The summed E-state index contributed by atoms with van der Waals surface area (Å²) in [7, 11) is 1.68. The van der Waals surface area contributed by atoms with Crippen molar-refractivity contribution >= 4 is 11.6 Å². The van der Waals surface area contributed by atoms with Gasteiger partial charge >= 0.3 is 0 Å². The maximum absolute atomic E-state index is 6.52. The minimum atomic E-state index is -0.0910. The number of benzene rings is 2. The van der Waals surface area contributed by atoms with Gasteiger partial charge in [0.05, 0.1) is 12.8 Å². The summed E-state index contributed by atoms with van der Waals surface area (Å²) in [6.07, 6.45) is 2.48. The summed E-state index contributed by atoms with van der Waals surface area (Å²) < 4.78 is 13.8. The summed E-state index contributed by atoms with van der Waals surface area (Å²) in [6.45, 7) is 4.45.